The molecule has 1 aromatic rings. The van der Waals surface area contributed by atoms with E-state index in [4.69, 9.17) is 9.84 Å². The highest BCUT2D eigenvalue weighted by Crippen LogP contribution is 2.42. The molecule has 2 aliphatic rings. The lowest BCUT2D eigenvalue weighted by Crippen LogP contribution is -2.52. The minimum Gasteiger partial charge on any atom is -0.465 e. The molecule has 1 amide bonds. The first-order chi connectivity index (χ1) is 10.1. The number of hydrogen-bond acceptors (Lipinski definition) is 3. The minimum atomic E-state index is -0.874. The molecule has 2 N–H and O–H groups in total. The molecule has 2 aliphatic heterocycles. The highest BCUT2D eigenvalue weighted by atomic mass is 16.5. The van der Waals surface area contributed by atoms with E-state index in [1.54, 1.807) is 0 Å². The number of benzene rings is 1. The van der Waals surface area contributed by atoms with Crippen molar-refractivity contribution in [3.05, 3.63) is 35.9 Å². The van der Waals surface area contributed by atoms with Gasteiger partial charge in [-0.1, -0.05) is 30.3 Å². The van der Waals surface area contributed by atoms with Gasteiger partial charge in [-0.05, 0) is 18.4 Å². The molecule has 21 heavy (non-hydrogen) atoms. The van der Waals surface area contributed by atoms with Crippen LogP contribution in [0.25, 0.3) is 0 Å². The van der Waals surface area contributed by atoms with Gasteiger partial charge in [-0.3, -0.25) is 0 Å². The van der Waals surface area contributed by atoms with E-state index in [1.165, 1.54) is 4.90 Å². The molecular weight excluding hydrogens is 270 g/mol. The number of nitrogens with zero attached hydrogens (tertiary/aromatic N) is 1. The summed E-state index contributed by atoms with van der Waals surface area (Å²) in [6, 6.07) is 9.94. The zero-order valence-corrected chi connectivity index (χ0v) is 11.9. The molecule has 3 rings (SSSR count). The van der Waals surface area contributed by atoms with Crippen LogP contribution in [0.5, 0.6) is 0 Å². The standard InChI is InChI=1S/C16H21NO4/c18-13-10-14(12-4-2-1-3-5-12)21-16(11-13)6-8-17(9-7-16)15(19)20/h1-5,13-14,18H,6-11H2,(H,19,20)/t13-,14-/m1/s1. The summed E-state index contributed by atoms with van der Waals surface area (Å²) in [6.45, 7) is 0.952. The number of likely N-dealkylation sites (tertiary alicyclic amines) is 1. The minimum absolute atomic E-state index is 0.105. The number of rotatable bonds is 1. The molecule has 5 heteroatoms. The van der Waals surface area contributed by atoms with Gasteiger partial charge < -0.3 is 19.8 Å². The number of carboxylic acid groups (broad SMARTS) is 1. The number of hydrogen-bond donors (Lipinski definition) is 2. The Balaban J connectivity index is 1.73. The van der Waals surface area contributed by atoms with Crippen LogP contribution in [0.4, 0.5) is 4.79 Å². The lowest BCUT2D eigenvalue weighted by molar-refractivity contribution is -0.182. The number of piperidine rings is 1. The quantitative estimate of drug-likeness (QED) is 0.833. The van der Waals surface area contributed by atoms with Crippen LogP contribution in [-0.4, -0.2) is 46.0 Å². The second-order valence-corrected chi connectivity index (χ2v) is 6.06. The predicted molar refractivity (Wildman–Crippen MR) is 77.1 cm³/mol. The van der Waals surface area contributed by atoms with E-state index >= 15 is 0 Å². The van der Waals surface area contributed by atoms with Gasteiger partial charge in [-0.2, -0.15) is 0 Å². The van der Waals surface area contributed by atoms with Crippen LogP contribution in [0.1, 0.15) is 37.4 Å². The first kappa shape index (κ1) is 14.4. The van der Waals surface area contributed by atoms with E-state index in [0.29, 0.717) is 38.8 Å². The van der Waals surface area contributed by atoms with Crippen LogP contribution < -0.4 is 0 Å². The average molecular weight is 291 g/mol. The summed E-state index contributed by atoms with van der Waals surface area (Å²) >= 11 is 0. The Kier molecular flexibility index (Phi) is 3.87. The first-order valence-electron chi connectivity index (χ1n) is 7.47. The van der Waals surface area contributed by atoms with Crippen LogP contribution >= 0.6 is 0 Å². The first-order valence-corrected chi connectivity index (χ1v) is 7.47. The van der Waals surface area contributed by atoms with Crippen molar-refractivity contribution in [3.63, 3.8) is 0 Å². The Hall–Kier alpha value is -1.59. The molecule has 0 aromatic heterocycles. The summed E-state index contributed by atoms with van der Waals surface area (Å²) < 4.78 is 6.32. The summed E-state index contributed by atoms with van der Waals surface area (Å²) in [4.78, 5) is 12.4. The second kappa shape index (κ2) is 5.66. The van der Waals surface area contributed by atoms with Gasteiger partial charge in [0.05, 0.1) is 17.8 Å². The average Bonchev–Trinajstić information content (AvgIpc) is 2.48. The van der Waals surface area contributed by atoms with Gasteiger partial charge in [0.25, 0.3) is 0 Å². The van der Waals surface area contributed by atoms with Crippen molar-refractivity contribution >= 4 is 6.09 Å². The third kappa shape index (κ3) is 3.04. The fraction of sp³-hybridized carbons (Fsp3) is 0.562. The molecule has 114 valence electrons. The number of aliphatic hydroxyl groups excluding tert-OH is 1. The fourth-order valence-electron chi connectivity index (χ4n) is 3.46. The van der Waals surface area contributed by atoms with Gasteiger partial charge in [-0.25, -0.2) is 4.79 Å². The highest BCUT2D eigenvalue weighted by Gasteiger charge is 2.44. The third-order valence-electron chi connectivity index (χ3n) is 4.60. The molecule has 2 fully saturated rings. The van der Waals surface area contributed by atoms with Gasteiger partial charge in [0.15, 0.2) is 0 Å². The van der Waals surface area contributed by atoms with Crippen LogP contribution in [0, 0.1) is 0 Å². The smallest absolute Gasteiger partial charge is 0.407 e. The number of amides is 1. The Morgan fingerprint density at radius 1 is 1.24 bits per heavy atom. The zero-order valence-electron chi connectivity index (χ0n) is 11.9. The third-order valence-corrected chi connectivity index (χ3v) is 4.60. The lowest BCUT2D eigenvalue weighted by atomic mass is 9.81. The predicted octanol–water partition coefficient (Wildman–Crippen LogP) is 2.41. The fourth-order valence-corrected chi connectivity index (χ4v) is 3.46. The van der Waals surface area contributed by atoms with Crippen molar-refractivity contribution in [2.75, 3.05) is 13.1 Å². The van der Waals surface area contributed by atoms with Crippen molar-refractivity contribution in [1.29, 1.82) is 0 Å². The van der Waals surface area contributed by atoms with Crippen molar-refractivity contribution in [2.45, 2.75) is 43.5 Å². The topological polar surface area (TPSA) is 70.0 Å². The highest BCUT2D eigenvalue weighted by molar-refractivity contribution is 5.65. The Morgan fingerprint density at radius 3 is 2.52 bits per heavy atom. The molecule has 2 atom stereocenters. The SMILES string of the molecule is O=C(O)N1CCC2(CC1)C[C@H](O)C[C@H](c1ccccc1)O2. The molecule has 0 radical (unpaired) electrons. The monoisotopic (exact) mass is 291 g/mol. The Labute approximate surface area is 124 Å². The van der Waals surface area contributed by atoms with E-state index in [1.807, 2.05) is 30.3 Å². The van der Waals surface area contributed by atoms with Crippen LogP contribution in [-0.2, 0) is 4.74 Å². The van der Waals surface area contributed by atoms with Crippen LogP contribution in [0.15, 0.2) is 30.3 Å². The van der Waals surface area contributed by atoms with Gasteiger partial charge in [0.1, 0.15) is 0 Å². The summed E-state index contributed by atoms with van der Waals surface area (Å²) in [6.07, 6.45) is 1.14. The van der Waals surface area contributed by atoms with E-state index in [2.05, 4.69) is 0 Å². The van der Waals surface area contributed by atoms with E-state index in [0.717, 1.165) is 5.56 Å². The Morgan fingerprint density at radius 2 is 1.90 bits per heavy atom. The maximum atomic E-state index is 11.0. The van der Waals surface area contributed by atoms with Crippen LogP contribution in [0.2, 0.25) is 0 Å². The van der Waals surface area contributed by atoms with E-state index < -0.39 is 6.09 Å². The Bertz CT molecular complexity index is 496. The molecule has 0 saturated carbocycles. The maximum Gasteiger partial charge on any atom is 0.407 e. The van der Waals surface area contributed by atoms with Crippen molar-refractivity contribution in [3.8, 4) is 0 Å². The molecular formula is C16H21NO4. The van der Waals surface area contributed by atoms with Gasteiger partial charge in [-0.15, -0.1) is 0 Å². The molecule has 1 spiro atoms. The number of carbonyl (C=O) groups is 1. The molecule has 1 aromatic carbocycles. The van der Waals surface area contributed by atoms with E-state index in [-0.39, 0.29) is 17.8 Å². The van der Waals surface area contributed by atoms with Crippen molar-refractivity contribution < 1.29 is 19.7 Å². The van der Waals surface area contributed by atoms with Gasteiger partial charge in [0, 0.05) is 25.9 Å². The summed E-state index contributed by atoms with van der Waals surface area (Å²) in [5.41, 5.74) is 0.695. The van der Waals surface area contributed by atoms with Crippen molar-refractivity contribution in [1.82, 2.24) is 4.90 Å². The van der Waals surface area contributed by atoms with Gasteiger partial charge >= 0.3 is 6.09 Å². The largest absolute Gasteiger partial charge is 0.465 e. The number of ether oxygens (including phenoxy) is 1. The molecule has 5 nitrogen and oxygen atoms in total. The summed E-state index contributed by atoms with van der Waals surface area (Å²) in [5, 5.41) is 19.3. The van der Waals surface area contributed by atoms with Crippen molar-refractivity contribution in [2.24, 2.45) is 0 Å². The normalized spacial score (nSPS) is 28.5. The molecule has 0 unspecified atom stereocenters. The van der Waals surface area contributed by atoms with Crippen LogP contribution in [0.3, 0.4) is 0 Å². The zero-order chi connectivity index (χ0) is 14.9. The lowest BCUT2D eigenvalue weighted by Gasteiger charge is -2.47. The molecule has 0 aliphatic carbocycles. The molecule has 0 bridgehead atoms. The second-order valence-electron chi connectivity index (χ2n) is 6.06. The van der Waals surface area contributed by atoms with Gasteiger partial charge in [0.2, 0.25) is 0 Å². The molecule has 2 saturated heterocycles. The molecule has 2 heterocycles. The van der Waals surface area contributed by atoms with E-state index in [9.17, 15) is 9.90 Å². The summed E-state index contributed by atoms with van der Waals surface area (Å²) in [5.74, 6) is 0. The number of aliphatic hydroxyl groups is 1. The maximum absolute atomic E-state index is 11.0. The summed E-state index contributed by atoms with van der Waals surface area (Å²) in [7, 11) is 0.